The van der Waals surface area contributed by atoms with Gasteiger partial charge in [0.05, 0.1) is 17.6 Å². The highest BCUT2D eigenvalue weighted by atomic mass is 32.2. The number of hydrogen-bond donors (Lipinski definition) is 1. The first-order chi connectivity index (χ1) is 11.5. The fourth-order valence-electron chi connectivity index (χ4n) is 2.15. The average Bonchev–Trinajstić information content (AvgIpc) is 2.50. The number of aliphatic imine (C=N–C) groups is 1. The second-order valence-electron chi connectivity index (χ2n) is 6.73. The maximum absolute atomic E-state index is 13.8. The molecule has 1 rings (SSSR count). The Balaban J connectivity index is 2.67. The van der Waals surface area contributed by atoms with Crippen molar-refractivity contribution in [3.63, 3.8) is 0 Å². The van der Waals surface area contributed by atoms with E-state index in [4.69, 9.17) is 4.74 Å². The van der Waals surface area contributed by atoms with Crippen LogP contribution in [0.2, 0.25) is 0 Å². The summed E-state index contributed by atoms with van der Waals surface area (Å²) in [4.78, 5) is 5.94. The zero-order valence-electron chi connectivity index (χ0n) is 15.8. The number of methoxy groups -OCH3 is 1. The summed E-state index contributed by atoms with van der Waals surface area (Å²) < 4.78 is 42.2. The first kappa shape index (κ1) is 21.2. The molecule has 0 aromatic heterocycles. The Kier molecular flexibility index (Phi) is 7.22. The van der Waals surface area contributed by atoms with Crippen molar-refractivity contribution in [1.29, 1.82) is 0 Å². The maximum atomic E-state index is 13.8. The van der Waals surface area contributed by atoms with Crippen LogP contribution < -0.4 is 10.1 Å². The first-order valence-corrected chi connectivity index (χ1v) is 9.63. The van der Waals surface area contributed by atoms with Gasteiger partial charge in [0.25, 0.3) is 0 Å². The molecule has 1 aromatic carbocycles. The van der Waals surface area contributed by atoms with E-state index in [0.717, 1.165) is 5.56 Å². The summed E-state index contributed by atoms with van der Waals surface area (Å²) in [5.41, 5.74) is 0.756. The van der Waals surface area contributed by atoms with Crippen LogP contribution in [0, 0.1) is 5.82 Å². The fraction of sp³-hybridized carbons (Fsp3) is 0.588. The maximum Gasteiger partial charge on any atom is 0.193 e. The predicted octanol–water partition coefficient (Wildman–Crippen LogP) is 2.05. The van der Waals surface area contributed by atoms with Crippen LogP contribution in [0.3, 0.4) is 0 Å². The van der Waals surface area contributed by atoms with Gasteiger partial charge in [-0.2, -0.15) is 0 Å². The van der Waals surface area contributed by atoms with Gasteiger partial charge in [-0.05, 0) is 38.5 Å². The number of nitrogens with one attached hydrogen (secondary N) is 1. The Bertz CT molecular complexity index is 712. The lowest BCUT2D eigenvalue weighted by Crippen LogP contribution is -2.42. The number of halogens is 1. The molecule has 0 atom stereocenters. The zero-order chi connectivity index (χ0) is 19.3. The largest absolute Gasteiger partial charge is 0.494 e. The molecule has 0 fully saturated rings. The summed E-state index contributed by atoms with van der Waals surface area (Å²) in [6.45, 7) is 5.73. The highest BCUT2D eigenvalue weighted by molar-refractivity contribution is 7.92. The van der Waals surface area contributed by atoms with Gasteiger partial charge in [-0.3, -0.25) is 4.99 Å². The molecule has 0 aliphatic rings. The molecule has 142 valence electrons. The van der Waals surface area contributed by atoms with E-state index in [9.17, 15) is 12.8 Å². The van der Waals surface area contributed by atoms with E-state index < -0.39 is 20.4 Å². The van der Waals surface area contributed by atoms with Gasteiger partial charge in [0.1, 0.15) is 0 Å². The molecule has 0 heterocycles. The van der Waals surface area contributed by atoms with Gasteiger partial charge < -0.3 is 15.0 Å². The molecule has 8 heteroatoms. The third-order valence-electron chi connectivity index (χ3n) is 3.80. The van der Waals surface area contributed by atoms with Crippen LogP contribution in [-0.4, -0.2) is 57.5 Å². The minimum atomic E-state index is -3.20. The highest BCUT2D eigenvalue weighted by Crippen LogP contribution is 2.18. The van der Waals surface area contributed by atoms with E-state index in [1.165, 1.54) is 13.2 Å². The van der Waals surface area contributed by atoms with E-state index in [1.54, 1.807) is 51.9 Å². The molecule has 1 aromatic rings. The molecule has 0 aliphatic heterocycles. The Morgan fingerprint density at radius 2 is 2.00 bits per heavy atom. The summed E-state index contributed by atoms with van der Waals surface area (Å²) in [5, 5.41) is 3.03. The summed E-state index contributed by atoms with van der Waals surface area (Å²) in [7, 11) is 1.64. The Hall–Kier alpha value is -1.83. The molecule has 0 aliphatic carbocycles. The van der Waals surface area contributed by atoms with Gasteiger partial charge in [-0.1, -0.05) is 6.07 Å². The molecule has 25 heavy (non-hydrogen) atoms. The van der Waals surface area contributed by atoms with Crippen molar-refractivity contribution in [3.8, 4) is 5.75 Å². The summed E-state index contributed by atoms with van der Waals surface area (Å²) in [6, 6.07) is 4.76. The van der Waals surface area contributed by atoms with Crippen molar-refractivity contribution in [2.24, 2.45) is 4.99 Å². The van der Waals surface area contributed by atoms with E-state index in [-0.39, 0.29) is 18.0 Å². The van der Waals surface area contributed by atoms with Crippen LogP contribution in [0.5, 0.6) is 5.75 Å². The Morgan fingerprint density at radius 1 is 1.36 bits per heavy atom. The molecule has 0 bridgehead atoms. The SMILES string of the molecule is CN=C(NCCS(=O)(=O)C(C)(C)C)N(C)Cc1ccc(OC)c(F)c1. The molecule has 0 radical (unpaired) electrons. The number of hydrogen-bond acceptors (Lipinski definition) is 4. The Morgan fingerprint density at radius 3 is 2.48 bits per heavy atom. The third-order valence-corrected chi connectivity index (χ3v) is 6.40. The van der Waals surface area contributed by atoms with Crippen molar-refractivity contribution >= 4 is 15.8 Å². The average molecular weight is 373 g/mol. The topological polar surface area (TPSA) is 71.0 Å². The number of benzene rings is 1. The number of nitrogens with zero attached hydrogens (tertiary/aromatic N) is 2. The lowest BCUT2D eigenvalue weighted by Gasteiger charge is -2.24. The predicted molar refractivity (Wildman–Crippen MR) is 99.3 cm³/mol. The number of guanidine groups is 1. The van der Waals surface area contributed by atoms with Gasteiger partial charge in [0, 0.05) is 27.2 Å². The first-order valence-electron chi connectivity index (χ1n) is 7.98. The van der Waals surface area contributed by atoms with Gasteiger partial charge in [0.15, 0.2) is 27.4 Å². The molecule has 0 amide bonds. The number of rotatable bonds is 6. The highest BCUT2D eigenvalue weighted by Gasteiger charge is 2.28. The van der Waals surface area contributed by atoms with Crippen molar-refractivity contribution in [2.45, 2.75) is 32.1 Å². The quantitative estimate of drug-likeness (QED) is 0.610. The normalized spacial score (nSPS) is 12.8. The molecule has 1 N–H and O–H groups in total. The molecule has 0 saturated carbocycles. The van der Waals surface area contributed by atoms with Gasteiger partial charge in [-0.25, -0.2) is 12.8 Å². The van der Waals surface area contributed by atoms with Crippen molar-refractivity contribution in [3.05, 3.63) is 29.6 Å². The molecular formula is C17H28FN3O3S. The van der Waals surface area contributed by atoms with Crippen LogP contribution in [0.4, 0.5) is 4.39 Å². The summed E-state index contributed by atoms with van der Waals surface area (Å²) in [5.74, 6) is 0.329. The minimum Gasteiger partial charge on any atom is -0.494 e. The van der Waals surface area contributed by atoms with Crippen molar-refractivity contribution in [2.75, 3.05) is 33.5 Å². The standard InChI is InChI=1S/C17H28FN3O3S/c1-17(2,3)25(22,23)10-9-20-16(19-4)21(5)12-13-7-8-15(24-6)14(18)11-13/h7-8,11H,9-10,12H2,1-6H3,(H,19,20). The lowest BCUT2D eigenvalue weighted by molar-refractivity contribution is 0.385. The lowest BCUT2D eigenvalue weighted by atomic mass is 10.2. The van der Waals surface area contributed by atoms with E-state index >= 15 is 0 Å². The van der Waals surface area contributed by atoms with E-state index in [2.05, 4.69) is 10.3 Å². The fourth-order valence-corrected chi connectivity index (χ4v) is 3.13. The third kappa shape index (κ3) is 5.88. The van der Waals surface area contributed by atoms with Gasteiger partial charge >= 0.3 is 0 Å². The Labute approximate surface area is 150 Å². The molecule has 0 unspecified atom stereocenters. The summed E-state index contributed by atoms with van der Waals surface area (Å²) >= 11 is 0. The van der Waals surface area contributed by atoms with Gasteiger partial charge in [-0.15, -0.1) is 0 Å². The van der Waals surface area contributed by atoms with Crippen LogP contribution >= 0.6 is 0 Å². The smallest absolute Gasteiger partial charge is 0.193 e. The number of ether oxygens (including phenoxy) is 1. The monoisotopic (exact) mass is 373 g/mol. The van der Waals surface area contributed by atoms with Crippen LogP contribution in [0.25, 0.3) is 0 Å². The zero-order valence-corrected chi connectivity index (χ0v) is 16.6. The van der Waals surface area contributed by atoms with E-state index in [0.29, 0.717) is 12.5 Å². The second kappa shape index (κ2) is 8.51. The minimum absolute atomic E-state index is 0.0144. The number of sulfone groups is 1. The van der Waals surface area contributed by atoms with Crippen LogP contribution in [0.15, 0.2) is 23.2 Å². The summed E-state index contributed by atoms with van der Waals surface area (Å²) in [6.07, 6.45) is 0. The van der Waals surface area contributed by atoms with Crippen LogP contribution in [-0.2, 0) is 16.4 Å². The molecule has 0 saturated heterocycles. The molecule has 6 nitrogen and oxygen atoms in total. The van der Waals surface area contributed by atoms with Crippen molar-refractivity contribution in [1.82, 2.24) is 10.2 Å². The van der Waals surface area contributed by atoms with Gasteiger partial charge in [0.2, 0.25) is 0 Å². The van der Waals surface area contributed by atoms with Crippen molar-refractivity contribution < 1.29 is 17.5 Å². The second-order valence-corrected chi connectivity index (χ2v) is 9.59. The van der Waals surface area contributed by atoms with Crippen LogP contribution in [0.1, 0.15) is 26.3 Å². The molecule has 0 spiro atoms. The molecular weight excluding hydrogens is 345 g/mol. The van der Waals surface area contributed by atoms with E-state index in [1.807, 2.05) is 0 Å².